The fourth-order valence-electron chi connectivity index (χ4n) is 6.14. The van der Waals surface area contributed by atoms with E-state index in [4.69, 9.17) is 26.1 Å². The third kappa shape index (κ3) is 5.76. The number of fused-ring (bicyclic) bond motifs is 1. The fourth-order valence-corrected chi connectivity index (χ4v) is 6.42. The Kier molecular flexibility index (Phi) is 8.68. The van der Waals surface area contributed by atoms with E-state index in [1.807, 2.05) is 36.5 Å². The van der Waals surface area contributed by atoms with Crippen molar-refractivity contribution < 1.29 is 9.47 Å². The molecular formula is C31H37ClN4O2. The lowest BCUT2D eigenvalue weighted by Gasteiger charge is -2.30. The molecule has 1 N–H and O–H groups in total. The molecule has 1 atom stereocenters. The normalized spacial score (nSPS) is 18.2. The van der Waals surface area contributed by atoms with E-state index in [-0.39, 0.29) is 0 Å². The van der Waals surface area contributed by atoms with Gasteiger partial charge in [-0.2, -0.15) is 5.26 Å². The van der Waals surface area contributed by atoms with Crippen molar-refractivity contribution in [2.24, 2.45) is 0 Å². The van der Waals surface area contributed by atoms with E-state index in [1.54, 1.807) is 7.11 Å². The van der Waals surface area contributed by atoms with E-state index in [9.17, 15) is 5.26 Å². The highest BCUT2D eigenvalue weighted by molar-refractivity contribution is 6.32. The van der Waals surface area contributed by atoms with Gasteiger partial charge in [0, 0.05) is 35.8 Å². The van der Waals surface area contributed by atoms with Crippen LogP contribution in [-0.2, 0) is 24.3 Å². The highest BCUT2D eigenvalue weighted by Crippen LogP contribution is 2.33. The molecule has 0 spiro atoms. The number of ether oxygens (including phenoxy) is 2. The third-order valence-corrected chi connectivity index (χ3v) is 8.40. The van der Waals surface area contributed by atoms with E-state index in [0.717, 1.165) is 52.4 Å². The second-order valence-electron chi connectivity index (χ2n) is 10.5. The molecule has 1 aliphatic carbocycles. The first-order valence-corrected chi connectivity index (χ1v) is 14.2. The zero-order valence-electron chi connectivity index (χ0n) is 22.4. The second-order valence-corrected chi connectivity index (χ2v) is 10.9. The first-order valence-electron chi connectivity index (χ1n) is 13.9. The summed E-state index contributed by atoms with van der Waals surface area (Å²) in [5.41, 5.74) is 5.64. The van der Waals surface area contributed by atoms with Gasteiger partial charge in [-0.1, -0.05) is 37.4 Å². The second kappa shape index (κ2) is 12.3. The zero-order valence-corrected chi connectivity index (χ0v) is 23.2. The van der Waals surface area contributed by atoms with E-state index < -0.39 is 0 Å². The lowest BCUT2D eigenvalue weighted by molar-refractivity contribution is 0.0518. The van der Waals surface area contributed by atoms with Crippen molar-refractivity contribution in [3.05, 3.63) is 63.8 Å². The van der Waals surface area contributed by atoms with Crippen LogP contribution in [0.1, 0.15) is 67.7 Å². The molecule has 1 aromatic heterocycles. The van der Waals surface area contributed by atoms with Crippen molar-refractivity contribution >= 4 is 28.2 Å². The molecule has 1 saturated carbocycles. The molecule has 0 radical (unpaired) electrons. The van der Waals surface area contributed by atoms with Gasteiger partial charge in [-0.15, -0.1) is 0 Å². The van der Waals surface area contributed by atoms with Gasteiger partial charge in [-0.3, -0.25) is 9.88 Å². The van der Waals surface area contributed by atoms with Gasteiger partial charge in [0.2, 0.25) is 0 Å². The molecule has 38 heavy (non-hydrogen) atoms. The van der Waals surface area contributed by atoms with Gasteiger partial charge < -0.3 is 14.8 Å². The van der Waals surface area contributed by atoms with Crippen LogP contribution in [0.15, 0.2) is 36.5 Å². The number of likely N-dealkylation sites (tertiary alicyclic amines) is 1. The predicted octanol–water partition coefficient (Wildman–Crippen LogP) is 6.87. The summed E-state index contributed by atoms with van der Waals surface area (Å²) in [6.07, 6.45) is 10.6. The maximum Gasteiger partial charge on any atom is 0.137 e. The van der Waals surface area contributed by atoms with Crippen LogP contribution >= 0.6 is 11.6 Å². The van der Waals surface area contributed by atoms with Gasteiger partial charge in [0.15, 0.2) is 0 Å². The minimum absolute atomic E-state index is 0.474. The quantitative estimate of drug-likeness (QED) is 0.307. The number of anilines is 1. The Labute approximate surface area is 230 Å². The van der Waals surface area contributed by atoms with Crippen LogP contribution in [0.4, 0.5) is 5.69 Å². The van der Waals surface area contributed by atoms with Crippen molar-refractivity contribution in [2.75, 3.05) is 25.6 Å². The molecule has 2 fully saturated rings. The van der Waals surface area contributed by atoms with Crippen LogP contribution in [0.2, 0.25) is 5.02 Å². The number of pyridine rings is 1. The van der Waals surface area contributed by atoms with Crippen LogP contribution in [0, 0.1) is 11.3 Å². The van der Waals surface area contributed by atoms with Crippen molar-refractivity contribution in [3.63, 3.8) is 0 Å². The van der Waals surface area contributed by atoms with Crippen LogP contribution in [-0.4, -0.2) is 42.2 Å². The smallest absolute Gasteiger partial charge is 0.137 e. The molecule has 3 aromatic rings. The zero-order chi connectivity index (χ0) is 26.5. The summed E-state index contributed by atoms with van der Waals surface area (Å²) < 4.78 is 11.7. The monoisotopic (exact) mass is 532 g/mol. The van der Waals surface area contributed by atoms with Gasteiger partial charge in [-0.05, 0) is 74.0 Å². The lowest BCUT2D eigenvalue weighted by atomic mass is 10.0. The summed E-state index contributed by atoms with van der Waals surface area (Å²) in [5, 5.41) is 14.9. The number of hydrogen-bond acceptors (Lipinski definition) is 6. The van der Waals surface area contributed by atoms with Gasteiger partial charge >= 0.3 is 0 Å². The number of nitrogens with zero attached hydrogens (tertiary/aromatic N) is 3. The molecule has 2 aliphatic rings. The molecule has 1 aliphatic heterocycles. The first kappa shape index (κ1) is 26.7. The van der Waals surface area contributed by atoms with Gasteiger partial charge in [0.1, 0.15) is 5.75 Å². The van der Waals surface area contributed by atoms with Crippen LogP contribution in [0.3, 0.4) is 0 Å². The Hall–Kier alpha value is -2.85. The average molecular weight is 533 g/mol. The molecule has 0 bridgehead atoms. The molecule has 200 valence electrons. The Balaban J connectivity index is 1.39. The molecule has 1 saturated heterocycles. The van der Waals surface area contributed by atoms with Crippen molar-refractivity contribution in [1.82, 2.24) is 9.88 Å². The number of methoxy groups -OCH3 is 1. The molecule has 6 nitrogen and oxygen atoms in total. The summed E-state index contributed by atoms with van der Waals surface area (Å²) in [4.78, 5) is 7.53. The van der Waals surface area contributed by atoms with Gasteiger partial charge in [0.05, 0.1) is 48.2 Å². The van der Waals surface area contributed by atoms with E-state index in [2.05, 4.69) is 23.2 Å². The number of halogens is 1. The highest BCUT2D eigenvalue weighted by Gasteiger charge is 2.32. The number of hydrogen-bond donors (Lipinski definition) is 1. The van der Waals surface area contributed by atoms with E-state index in [0.29, 0.717) is 35.5 Å². The largest absolute Gasteiger partial charge is 0.495 e. The molecule has 2 aromatic carbocycles. The minimum atomic E-state index is 0.474. The lowest BCUT2D eigenvalue weighted by Crippen LogP contribution is -2.39. The van der Waals surface area contributed by atoms with Crippen molar-refractivity contribution in [1.29, 1.82) is 5.26 Å². The van der Waals surface area contributed by atoms with Crippen LogP contribution in [0.5, 0.6) is 5.75 Å². The predicted molar refractivity (Wildman–Crippen MR) is 153 cm³/mol. The molecule has 5 rings (SSSR count). The Morgan fingerprint density at radius 3 is 2.71 bits per heavy atom. The van der Waals surface area contributed by atoms with Crippen LogP contribution < -0.4 is 10.1 Å². The average Bonchev–Trinajstić information content (AvgIpc) is 3.64. The van der Waals surface area contributed by atoms with Gasteiger partial charge in [0.25, 0.3) is 0 Å². The van der Waals surface area contributed by atoms with Crippen molar-refractivity contribution in [3.8, 4) is 11.8 Å². The summed E-state index contributed by atoms with van der Waals surface area (Å²) in [6.45, 7) is 5.08. The summed E-state index contributed by atoms with van der Waals surface area (Å²) >= 11 is 6.38. The summed E-state index contributed by atoms with van der Waals surface area (Å²) in [5.74, 6) is 0.656. The topological polar surface area (TPSA) is 70.4 Å². The van der Waals surface area contributed by atoms with Crippen LogP contribution in [0.25, 0.3) is 10.9 Å². The molecule has 2 heterocycles. The Bertz CT molecular complexity index is 1320. The summed E-state index contributed by atoms with van der Waals surface area (Å²) in [6, 6.07) is 13.2. The van der Waals surface area contributed by atoms with E-state index >= 15 is 0 Å². The minimum Gasteiger partial charge on any atom is -0.495 e. The Morgan fingerprint density at radius 2 is 1.97 bits per heavy atom. The SMILES string of the molecule is CCc1cc(C#N)cc2c(NCc3ccc(OC)c(Cl)c3)c(COC[C@@H]3CCCN3C3CCCC3)cnc12. The maximum atomic E-state index is 9.70. The molecular weight excluding hydrogens is 496 g/mol. The molecule has 0 amide bonds. The maximum absolute atomic E-state index is 9.70. The van der Waals surface area contributed by atoms with E-state index in [1.165, 1.54) is 45.1 Å². The number of aromatic nitrogens is 1. The highest BCUT2D eigenvalue weighted by atomic mass is 35.5. The number of nitriles is 1. The standard InChI is InChI=1S/C31H37ClN4O2/c1-3-23-13-22(16-33)14-27-30(23)35-18-24(31(27)34-17-21-10-11-29(37-2)28(32)15-21)19-38-20-26-9-6-12-36(26)25-7-4-5-8-25/h10-11,13-15,18,25-26H,3-9,12,17,19-20H2,1-2H3,(H,34,35)/t26-/m0/s1. The number of nitrogens with one attached hydrogen (secondary N) is 1. The molecule has 7 heteroatoms. The molecule has 0 unspecified atom stereocenters. The van der Waals surface area contributed by atoms with Crippen molar-refractivity contribution in [2.45, 2.75) is 77.1 Å². The first-order chi connectivity index (χ1) is 18.6. The third-order valence-electron chi connectivity index (χ3n) is 8.11. The summed E-state index contributed by atoms with van der Waals surface area (Å²) in [7, 11) is 1.62. The van der Waals surface area contributed by atoms with Gasteiger partial charge in [-0.25, -0.2) is 0 Å². The number of benzene rings is 2. The number of aryl methyl sites for hydroxylation is 1. The fraction of sp³-hybridized carbons (Fsp3) is 0.484. The number of rotatable bonds is 10. The Morgan fingerprint density at radius 1 is 1.13 bits per heavy atom.